The summed E-state index contributed by atoms with van der Waals surface area (Å²) in [5, 5.41) is 22.9. The highest BCUT2D eigenvalue weighted by Gasteiger charge is 2.29. The predicted octanol–water partition coefficient (Wildman–Crippen LogP) is 3.87. The Kier molecular flexibility index (Phi) is 5.73. The molecule has 4 rings (SSSR count). The summed E-state index contributed by atoms with van der Waals surface area (Å²) in [5.41, 5.74) is 8.15. The van der Waals surface area contributed by atoms with Gasteiger partial charge in [0.15, 0.2) is 5.82 Å². The standard InChI is InChI=1S/C23H28N6O3/c1-23(2,3)32-22(31)28-10-6-7-16(14-28)29-13-15(12-25-29)18-11-19(26-27-21(18)24)17-8-4-5-9-20(17)30/h4-5,8-9,11-13,16,30H,6-7,10,14H2,1-3H3,(H2,24,27). The molecule has 32 heavy (non-hydrogen) atoms. The highest BCUT2D eigenvalue weighted by atomic mass is 16.6. The van der Waals surface area contributed by atoms with Crippen LogP contribution in [0, 0.1) is 0 Å². The number of carbonyl (C=O) groups excluding carboxylic acids is 1. The summed E-state index contributed by atoms with van der Waals surface area (Å²) in [6.07, 6.45) is 5.12. The highest BCUT2D eigenvalue weighted by molar-refractivity contribution is 5.78. The number of phenols is 1. The molecule has 0 spiro atoms. The quantitative estimate of drug-likeness (QED) is 0.639. The first kappa shape index (κ1) is 21.6. The molecule has 0 bridgehead atoms. The van der Waals surface area contributed by atoms with Crippen LogP contribution in [0.4, 0.5) is 10.6 Å². The summed E-state index contributed by atoms with van der Waals surface area (Å²) < 4.78 is 7.39. The van der Waals surface area contributed by atoms with Gasteiger partial charge in [0.1, 0.15) is 11.4 Å². The minimum absolute atomic E-state index is 0.0404. The molecule has 1 amide bonds. The fourth-order valence-electron chi connectivity index (χ4n) is 3.79. The molecule has 9 nitrogen and oxygen atoms in total. The molecule has 9 heteroatoms. The van der Waals surface area contributed by atoms with Gasteiger partial charge in [0, 0.05) is 36.0 Å². The first-order valence-corrected chi connectivity index (χ1v) is 10.7. The van der Waals surface area contributed by atoms with Crippen LogP contribution in [0.3, 0.4) is 0 Å². The minimum atomic E-state index is -0.528. The second-order valence-electron chi connectivity index (χ2n) is 8.98. The Bertz CT molecular complexity index is 1120. The summed E-state index contributed by atoms with van der Waals surface area (Å²) in [6, 6.07) is 8.79. The number of amides is 1. The number of aromatic hydroxyl groups is 1. The molecule has 3 aromatic rings. The molecule has 0 aliphatic carbocycles. The van der Waals surface area contributed by atoms with Gasteiger partial charge in [-0.3, -0.25) is 4.68 Å². The van der Waals surface area contributed by atoms with Crippen molar-refractivity contribution >= 4 is 11.9 Å². The second kappa shape index (κ2) is 8.49. The van der Waals surface area contributed by atoms with Gasteiger partial charge in [0.25, 0.3) is 0 Å². The average molecular weight is 437 g/mol. The van der Waals surface area contributed by atoms with Crippen LogP contribution in [-0.2, 0) is 4.74 Å². The van der Waals surface area contributed by atoms with E-state index < -0.39 is 5.60 Å². The first-order valence-electron chi connectivity index (χ1n) is 10.7. The molecule has 1 aromatic carbocycles. The lowest BCUT2D eigenvalue weighted by Gasteiger charge is -2.34. The lowest BCUT2D eigenvalue weighted by atomic mass is 10.1. The number of benzene rings is 1. The van der Waals surface area contributed by atoms with E-state index in [1.807, 2.05) is 37.7 Å². The van der Waals surface area contributed by atoms with E-state index in [4.69, 9.17) is 10.5 Å². The number of nitrogens with two attached hydrogens (primary N) is 1. The van der Waals surface area contributed by atoms with Gasteiger partial charge in [0.05, 0.1) is 17.9 Å². The summed E-state index contributed by atoms with van der Waals surface area (Å²) in [4.78, 5) is 14.2. The molecule has 1 aliphatic heterocycles. The molecule has 1 atom stereocenters. The number of anilines is 1. The van der Waals surface area contributed by atoms with Crippen LogP contribution in [0.15, 0.2) is 42.7 Å². The monoisotopic (exact) mass is 436 g/mol. The molecule has 1 unspecified atom stereocenters. The highest BCUT2D eigenvalue weighted by Crippen LogP contribution is 2.32. The van der Waals surface area contributed by atoms with Crippen molar-refractivity contribution in [3.05, 3.63) is 42.7 Å². The van der Waals surface area contributed by atoms with Crippen LogP contribution in [0.1, 0.15) is 39.7 Å². The van der Waals surface area contributed by atoms with Crippen molar-refractivity contribution in [2.75, 3.05) is 18.8 Å². The van der Waals surface area contributed by atoms with E-state index >= 15 is 0 Å². The van der Waals surface area contributed by atoms with Crippen molar-refractivity contribution in [2.24, 2.45) is 0 Å². The smallest absolute Gasteiger partial charge is 0.410 e. The zero-order chi connectivity index (χ0) is 22.9. The number of ether oxygens (including phenoxy) is 1. The Morgan fingerprint density at radius 1 is 1.22 bits per heavy atom. The van der Waals surface area contributed by atoms with Crippen molar-refractivity contribution in [2.45, 2.75) is 45.3 Å². The number of hydrogen-bond acceptors (Lipinski definition) is 7. The van der Waals surface area contributed by atoms with Gasteiger partial charge in [-0.25, -0.2) is 4.79 Å². The number of rotatable bonds is 3. The molecule has 0 saturated carbocycles. The molecule has 1 saturated heterocycles. The van der Waals surface area contributed by atoms with Gasteiger partial charge in [-0.2, -0.15) is 5.10 Å². The number of para-hydroxylation sites is 1. The predicted molar refractivity (Wildman–Crippen MR) is 121 cm³/mol. The van der Waals surface area contributed by atoms with Gasteiger partial charge in [0.2, 0.25) is 0 Å². The number of carbonyl (C=O) groups is 1. The van der Waals surface area contributed by atoms with Gasteiger partial charge in [-0.05, 0) is 51.8 Å². The number of piperidine rings is 1. The van der Waals surface area contributed by atoms with Crippen molar-refractivity contribution < 1.29 is 14.6 Å². The van der Waals surface area contributed by atoms with E-state index in [9.17, 15) is 9.90 Å². The maximum absolute atomic E-state index is 12.5. The number of likely N-dealkylation sites (tertiary alicyclic amines) is 1. The van der Waals surface area contributed by atoms with Crippen LogP contribution in [0.5, 0.6) is 5.75 Å². The molecule has 0 radical (unpaired) electrons. The third kappa shape index (κ3) is 4.66. The molecule has 1 aliphatic rings. The van der Waals surface area contributed by atoms with Crippen molar-refractivity contribution in [3.8, 4) is 28.1 Å². The SMILES string of the molecule is CC(C)(C)OC(=O)N1CCCC(n2cc(-c3cc(-c4ccccc4O)nnc3N)cn2)C1. The van der Waals surface area contributed by atoms with Gasteiger partial charge >= 0.3 is 6.09 Å². The average Bonchev–Trinajstić information content (AvgIpc) is 3.24. The fourth-order valence-corrected chi connectivity index (χ4v) is 3.79. The van der Waals surface area contributed by atoms with Crippen molar-refractivity contribution in [1.29, 1.82) is 0 Å². The Labute approximate surface area is 186 Å². The number of nitrogens with zero attached hydrogens (tertiary/aromatic N) is 5. The molecule has 168 valence electrons. The van der Waals surface area contributed by atoms with Crippen LogP contribution < -0.4 is 5.73 Å². The topological polar surface area (TPSA) is 119 Å². The number of nitrogen functional groups attached to an aromatic ring is 1. The van der Waals surface area contributed by atoms with Crippen LogP contribution in [0.25, 0.3) is 22.4 Å². The Morgan fingerprint density at radius 2 is 2.00 bits per heavy atom. The lowest BCUT2D eigenvalue weighted by Crippen LogP contribution is -2.43. The van der Waals surface area contributed by atoms with E-state index in [2.05, 4.69) is 15.3 Å². The summed E-state index contributed by atoms with van der Waals surface area (Å²) in [7, 11) is 0. The first-order chi connectivity index (χ1) is 15.2. The third-order valence-electron chi connectivity index (χ3n) is 5.34. The molecular weight excluding hydrogens is 408 g/mol. The van der Waals surface area contributed by atoms with Crippen LogP contribution in [-0.4, -0.2) is 54.8 Å². The summed E-state index contributed by atoms with van der Waals surface area (Å²) in [5.74, 6) is 0.403. The minimum Gasteiger partial charge on any atom is -0.507 e. The Balaban J connectivity index is 1.56. The maximum atomic E-state index is 12.5. The molecular formula is C23H28N6O3. The number of phenolic OH excluding ortho intramolecular Hbond substituents is 1. The van der Waals surface area contributed by atoms with Gasteiger partial charge < -0.3 is 20.5 Å². The van der Waals surface area contributed by atoms with Crippen molar-refractivity contribution in [1.82, 2.24) is 24.9 Å². The molecule has 1 fully saturated rings. The van der Waals surface area contributed by atoms with E-state index in [1.54, 1.807) is 35.4 Å². The van der Waals surface area contributed by atoms with E-state index in [-0.39, 0.29) is 23.7 Å². The zero-order valence-corrected chi connectivity index (χ0v) is 18.5. The molecule has 2 aromatic heterocycles. The zero-order valence-electron chi connectivity index (χ0n) is 18.5. The number of aromatic nitrogens is 4. The van der Waals surface area contributed by atoms with E-state index in [0.29, 0.717) is 29.9 Å². The van der Waals surface area contributed by atoms with E-state index in [0.717, 1.165) is 18.4 Å². The maximum Gasteiger partial charge on any atom is 0.410 e. The number of hydrogen-bond donors (Lipinski definition) is 2. The van der Waals surface area contributed by atoms with Crippen LogP contribution in [0.2, 0.25) is 0 Å². The normalized spacial score (nSPS) is 16.7. The Morgan fingerprint density at radius 3 is 2.75 bits per heavy atom. The fraction of sp³-hybridized carbons (Fsp3) is 0.391. The third-order valence-corrected chi connectivity index (χ3v) is 5.34. The largest absolute Gasteiger partial charge is 0.507 e. The molecule has 3 heterocycles. The van der Waals surface area contributed by atoms with Gasteiger partial charge in [-0.1, -0.05) is 12.1 Å². The summed E-state index contributed by atoms with van der Waals surface area (Å²) >= 11 is 0. The van der Waals surface area contributed by atoms with Crippen LogP contribution >= 0.6 is 0 Å². The van der Waals surface area contributed by atoms with Gasteiger partial charge in [-0.15, -0.1) is 10.2 Å². The second-order valence-corrected chi connectivity index (χ2v) is 8.98. The molecule has 3 N–H and O–H groups in total. The lowest BCUT2D eigenvalue weighted by molar-refractivity contribution is 0.0167. The summed E-state index contributed by atoms with van der Waals surface area (Å²) in [6.45, 7) is 6.79. The van der Waals surface area contributed by atoms with E-state index in [1.165, 1.54) is 0 Å². The van der Waals surface area contributed by atoms with Crippen molar-refractivity contribution in [3.63, 3.8) is 0 Å². The Hall–Kier alpha value is -3.62.